The molecule has 0 heterocycles. The molecule has 0 rings (SSSR count). The van der Waals surface area contributed by atoms with Crippen LogP contribution >= 0.6 is 0 Å². The quantitative estimate of drug-likeness (QED) is 0.300. The van der Waals surface area contributed by atoms with Crippen molar-refractivity contribution in [3.63, 3.8) is 0 Å². The summed E-state index contributed by atoms with van der Waals surface area (Å²) in [5, 5.41) is 3.65. The van der Waals surface area contributed by atoms with Crippen LogP contribution in [-0.4, -0.2) is 12.1 Å². The fourth-order valence-electron chi connectivity index (χ4n) is 2.96. The van der Waals surface area contributed by atoms with Crippen molar-refractivity contribution in [1.29, 1.82) is 0 Å². The number of nitrogens with one attached hydrogen (secondary N) is 1. The van der Waals surface area contributed by atoms with E-state index in [0.717, 1.165) is 12.3 Å². The predicted molar refractivity (Wildman–Crippen MR) is 93.3 cm³/mol. The minimum absolute atomic E-state index is 0.482. The number of hydrogen-bond acceptors (Lipinski definition) is 1. The standard InChI is InChI=1S/C19H39N/c1-6-9-10-11-12-13-14-15-17(4)16-18(5)20-19(7-2)8-3/h7,17-20H,2,6,8-16H2,1,3-5H3. The fourth-order valence-corrected chi connectivity index (χ4v) is 2.96. The molecule has 0 bridgehead atoms. The van der Waals surface area contributed by atoms with Gasteiger partial charge in [-0.1, -0.05) is 78.2 Å². The predicted octanol–water partition coefficient (Wildman–Crippen LogP) is 6.10. The molecule has 1 nitrogen and oxygen atoms in total. The first-order chi connectivity index (χ1) is 9.63. The van der Waals surface area contributed by atoms with Crippen LogP contribution in [0.15, 0.2) is 12.7 Å². The van der Waals surface area contributed by atoms with E-state index in [-0.39, 0.29) is 0 Å². The average molecular weight is 282 g/mol. The highest BCUT2D eigenvalue weighted by molar-refractivity contribution is 4.86. The smallest absolute Gasteiger partial charge is 0.0247 e. The van der Waals surface area contributed by atoms with Crippen molar-refractivity contribution in [1.82, 2.24) is 5.32 Å². The first-order valence-corrected chi connectivity index (χ1v) is 9.02. The molecule has 1 N–H and O–H groups in total. The van der Waals surface area contributed by atoms with Gasteiger partial charge in [0.1, 0.15) is 0 Å². The molecule has 0 aliphatic carbocycles. The number of hydrogen-bond donors (Lipinski definition) is 1. The van der Waals surface area contributed by atoms with Crippen LogP contribution in [0.5, 0.6) is 0 Å². The van der Waals surface area contributed by atoms with Crippen molar-refractivity contribution in [2.24, 2.45) is 5.92 Å². The van der Waals surface area contributed by atoms with Crippen LogP contribution in [-0.2, 0) is 0 Å². The van der Waals surface area contributed by atoms with E-state index in [9.17, 15) is 0 Å². The van der Waals surface area contributed by atoms with E-state index >= 15 is 0 Å². The van der Waals surface area contributed by atoms with Crippen molar-refractivity contribution in [2.45, 2.75) is 104 Å². The Morgan fingerprint density at radius 2 is 1.55 bits per heavy atom. The molecular weight excluding hydrogens is 242 g/mol. The number of unbranched alkanes of at least 4 members (excludes halogenated alkanes) is 6. The summed E-state index contributed by atoms with van der Waals surface area (Å²) >= 11 is 0. The molecule has 0 spiro atoms. The molecule has 0 aromatic carbocycles. The van der Waals surface area contributed by atoms with E-state index in [1.165, 1.54) is 57.8 Å². The van der Waals surface area contributed by atoms with E-state index in [1.54, 1.807) is 0 Å². The molecule has 0 amide bonds. The monoisotopic (exact) mass is 281 g/mol. The normalized spacial score (nSPS) is 15.8. The summed E-state index contributed by atoms with van der Waals surface area (Å²) < 4.78 is 0. The fraction of sp³-hybridized carbons (Fsp3) is 0.895. The Morgan fingerprint density at radius 3 is 2.10 bits per heavy atom. The van der Waals surface area contributed by atoms with E-state index < -0.39 is 0 Å². The maximum absolute atomic E-state index is 3.89. The maximum atomic E-state index is 3.89. The summed E-state index contributed by atoms with van der Waals surface area (Å²) in [6.07, 6.45) is 15.8. The maximum Gasteiger partial charge on any atom is 0.0247 e. The largest absolute Gasteiger partial charge is 0.308 e. The molecule has 0 fully saturated rings. The molecule has 0 aromatic heterocycles. The molecular formula is C19H39N. The number of rotatable bonds is 14. The highest BCUT2D eigenvalue weighted by Crippen LogP contribution is 2.17. The first-order valence-electron chi connectivity index (χ1n) is 9.02. The van der Waals surface area contributed by atoms with Crippen LogP contribution < -0.4 is 5.32 Å². The van der Waals surface area contributed by atoms with Gasteiger partial charge in [0.15, 0.2) is 0 Å². The van der Waals surface area contributed by atoms with Crippen molar-refractivity contribution in [3.05, 3.63) is 12.7 Å². The lowest BCUT2D eigenvalue weighted by molar-refractivity contribution is 0.372. The van der Waals surface area contributed by atoms with Gasteiger partial charge < -0.3 is 5.32 Å². The Hall–Kier alpha value is -0.300. The van der Waals surface area contributed by atoms with E-state index in [2.05, 4.69) is 39.6 Å². The highest BCUT2D eigenvalue weighted by Gasteiger charge is 2.11. The van der Waals surface area contributed by atoms with Crippen molar-refractivity contribution < 1.29 is 0 Å². The molecule has 20 heavy (non-hydrogen) atoms. The van der Waals surface area contributed by atoms with Crippen LogP contribution in [0.2, 0.25) is 0 Å². The summed E-state index contributed by atoms with van der Waals surface area (Å²) in [5.41, 5.74) is 0. The Bertz CT molecular complexity index is 212. The van der Waals surface area contributed by atoms with Gasteiger partial charge in [-0.25, -0.2) is 0 Å². The third-order valence-corrected chi connectivity index (χ3v) is 4.28. The molecule has 1 heteroatoms. The van der Waals surface area contributed by atoms with Gasteiger partial charge in [0, 0.05) is 12.1 Å². The zero-order chi connectivity index (χ0) is 15.2. The molecule has 0 aromatic rings. The molecule has 120 valence electrons. The molecule has 0 aliphatic rings. The lowest BCUT2D eigenvalue weighted by atomic mass is 9.95. The summed E-state index contributed by atoms with van der Waals surface area (Å²) in [6.45, 7) is 13.1. The summed E-state index contributed by atoms with van der Waals surface area (Å²) in [4.78, 5) is 0. The summed E-state index contributed by atoms with van der Waals surface area (Å²) in [5.74, 6) is 0.843. The Kier molecular flexibility index (Phi) is 13.5. The summed E-state index contributed by atoms with van der Waals surface area (Å²) in [6, 6.07) is 1.09. The third kappa shape index (κ3) is 11.5. The van der Waals surface area contributed by atoms with E-state index in [4.69, 9.17) is 0 Å². The van der Waals surface area contributed by atoms with Gasteiger partial charge in [0.25, 0.3) is 0 Å². The molecule has 0 radical (unpaired) electrons. The second kappa shape index (κ2) is 13.7. The average Bonchev–Trinajstić information content (AvgIpc) is 2.43. The van der Waals surface area contributed by atoms with Crippen molar-refractivity contribution in [2.75, 3.05) is 0 Å². The Balaban J connectivity index is 3.52. The first kappa shape index (κ1) is 19.7. The van der Waals surface area contributed by atoms with Gasteiger partial charge in [0.05, 0.1) is 0 Å². The van der Waals surface area contributed by atoms with Gasteiger partial charge >= 0.3 is 0 Å². The Morgan fingerprint density at radius 1 is 0.950 bits per heavy atom. The van der Waals surface area contributed by atoms with Crippen molar-refractivity contribution in [3.8, 4) is 0 Å². The lowest BCUT2D eigenvalue weighted by Crippen LogP contribution is -2.35. The van der Waals surface area contributed by atoms with Gasteiger partial charge in [0.2, 0.25) is 0 Å². The molecule has 0 saturated heterocycles. The molecule has 3 atom stereocenters. The minimum atomic E-state index is 0.482. The zero-order valence-electron chi connectivity index (χ0n) is 14.6. The minimum Gasteiger partial charge on any atom is -0.308 e. The SMILES string of the molecule is C=CC(CC)NC(C)CC(C)CCCCCCCCC. The van der Waals surface area contributed by atoms with Gasteiger partial charge in [-0.15, -0.1) is 6.58 Å². The zero-order valence-corrected chi connectivity index (χ0v) is 14.6. The van der Waals surface area contributed by atoms with E-state index in [1.807, 2.05) is 6.08 Å². The second-order valence-electron chi connectivity index (χ2n) is 6.57. The molecule has 3 unspecified atom stereocenters. The van der Waals surface area contributed by atoms with Gasteiger partial charge in [-0.3, -0.25) is 0 Å². The Labute approximate surface area is 128 Å². The van der Waals surface area contributed by atoms with E-state index in [0.29, 0.717) is 12.1 Å². The van der Waals surface area contributed by atoms with Crippen LogP contribution in [0.1, 0.15) is 91.9 Å². The molecule has 0 aliphatic heterocycles. The summed E-state index contributed by atoms with van der Waals surface area (Å²) in [7, 11) is 0. The van der Waals surface area contributed by atoms with Crippen LogP contribution in [0.25, 0.3) is 0 Å². The lowest BCUT2D eigenvalue weighted by Gasteiger charge is -2.22. The van der Waals surface area contributed by atoms with Crippen LogP contribution in [0.3, 0.4) is 0 Å². The highest BCUT2D eigenvalue weighted by atomic mass is 14.9. The third-order valence-electron chi connectivity index (χ3n) is 4.28. The topological polar surface area (TPSA) is 12.0 Å². The van der Waals surface area contributed by atoms with Crippen LogP contribution in [0, 0.1) is 5.92 Å². The van der Waals surface area contributed by atoms with Gasteiger partial charge in [-0.2, -0.15) is 0 Å². The van der Waals surface area contributed by atoms with Crippen molar-refractivity contribution >= 4 is 0 Å². The second-order valence-corrected chi connectivity index (χ2v) is 6.57. The van der Waals surface area contributed by atoms with Crippen LogP contribution in [0.4, 0.5) is 0 Å². The molecule has 0 saturated carbocycles. The van der Waals surface area contributed by atoms with Gasteiger partial charge in [-0.05, 0) is 25.7 Å².